The van der Waals surface area contributed by atoms with Crippen molar-refractivity contribution in [2.45, 2.75) is 47.7 Å². The predicted octanol–water partition coefficient (Wildman–Crippen LogP) is 3.19. The molecule has 0 spiro atoms. The Hall–Kier alpha value is -3.88. The van der Waals surface area contributed by atoms with Crippen LogP contribution in [0.5, 0.6) is 0 Å². The summed E-state index contributed by atoms with van der Waals surface area (Å²) in [6, 6.07) is 7.04. The highest BCUT2D eigenvalue weighted by Gasteiger charge is 2.22. The van der Waals surface area contributed by atoms with Gasteiger partial charge in [-0.15, -0.1) is 0 Å². The molecule has 1 aromatic carbocycles. The number of nitrogens with zero attached hydrogens (tertiary/aromatic N) is 3. The van der Waals surface area contributed by atoms with E-state index >= 15 is 0 Å². The van der Waals surface area contributed by atoms with Gasteiger partial charge in [0.1, 0.15) is 0 Å². The summed E-state index contributed by atoms with van der Waals surface area (Å²) in [7, 11) is 0. The summed E-state index contributed by atoms with van der Waals surface area (Å²) < 4.78 is 8.65. The molecule has 9 heteroatoms. The molecule has 0 radical (unpaired) electrons. The zero-order valence-electron chi connectivity index (χ0n) is 19.6. The van der Waals surface area contributed by atoms with Gasteiger partial charge in [0.25, 0.3) is 11.5 Å². The number of fused-ring (bicyclic) bond motifs is 1. The zero-order valence-corrected chi connectivity index (χ0v) is 19.6. The van der Waals surface area contributed by atoms with Crippen LogP contribution >= 0.6 is 0 Å². The van der Waals surface area contributed by atoms with Crippen LogP contribution in [0.2, 0.25) is 0 Å². The van der Waals surface area contributed by atoms with Crippen LogP contribution in [-0.4, -0.2) is 32.6 Å². The van der Waals surface area contributed by atoms with Gasteiger partial charge in [-0.1, -0.05) is 12.1 Å². The van der Waals surface area contributed by atoms with E-state index in [1.807, 2.05) is 32.3 Å². The summed E-state index contributed by atoms with van der Waals surface area (Å²) in [5, 5.41) is 0.508. The molecule has 3 rings (SSSR count). The molecule has 0 bridgehead atoms. The third-order valence-corrected chi connectivity index (χ3v) is 5.50. The molecule has 0 saturated heterocycles. The van der Waals surface area contributed by atoms with E-state index in [1.165, 1.54) is 10.6 Å². The first-order valence-corrected chi connectivity index (χ1v) is 10.9. The van der Waals surface area contributed by atoms with Crippen molar-refractivity contribution in [2.24, 2.45) is 0 Å². The van der Waals surface area contributed by atoms with Crippen molar-refractivity contribution in [3.05, 3.63) is 63.2 Å². The van der Waals surface area contributed by atoms with Crippen LogP contribution in [0, 0.1) is 13.8 Å². The van der Waals surface area contributed by atoms with E-state index in [4.69, 9.17) is 4.74 Å². The van der Waals surface area contributed by atoms with Gasteiger partial charge < -0.3 is 9.30 Å². The second kappa shape index (κ2) is 10.2. The number of aromatic nitrogens is 3. The molecule has 33 heavy (non-hydrogen) atoms. The number of para-hydroxylation sites is 1. The number of carbonyl (C=O) groups excluding carboxylic acids is 2. The van der Waals surface area contributed by atoms with Crippen molar-refractivity contribution >= 4 is 34.8 Å². The first-order chi connectivity index (χ1) is 15.8. The third kappa shape index (κ3) is 4.67. The largest absolute Gasteiger partial charge is 0.462 e. The van der Waals surface area contributed by atoms with Gasteiger partial charge in [0.15, 0.2) is 0 Å². The fraction of sp³-hybridized carbons (Fsp3) is 0.333. The van der Waals surface area contributed by atoms with Gasteiger partial charge in [0.2, 0.25) is 5.95 Å². The summed E-state index contributed by atoms with van der Waals surface area (Å²) in [4.78, 5) is 42.2. The second-order valence-corrected chi connectivity index (χ2v) is 7.37. The van der Waals surface area contributed by atoms with Crippen LogP contribution in [0.25, 0.3) is 17.0 Å². The fourth-order valence-corrected chi connectivity index (χ4v) is 3.92. The van der Waals surface area contributed by atoms with Crippen molar-refractivity contribution < 1.29 is 14.3 Å². The molecule has 0 aliphatic carbocycles. The molecule has 0 fully saturated rings. The average Bonchev–Trinajstić information content (AvgIpc) is 3.05. The summed E-state index contributed by atoms with van der Waals surface area (Å²) in [5.41, 5.74) is 8.36. The molecule has 9 nitrogen and oxygen atoms in total. The van der Waals surface area contributed by atoms with Gasteiger partial charge in [-0.25, -0.2) is 9.78 Å². The Balaban J connectivity index is 1.85. The fourth-order valence-electron chi connectivity index (χ4n) is 3.92. The van der Waals surface area contributed by atoms with Gasteiger partial charge in [0.05, 0.1) is 23.1 Å². The third-order valence-electron chi connectivity index (χ3n) is 5.50. The monoisotopic (exact) mass is 451 g/mol. The molecular formula is C24H29N5O4. The Morgan fingerprint density at radius 1 is 1.06 bits per heavy atom. The van der Waals surface area contributed by atoms with E-state index < -0.39 is 11.9 Å². The molecule has 2 heterocycles. The number of hydrogen-bond donors (Lipinski definition) is 2. The van der Waals surface area contributed by atoms with E-state index in [0.717, 1.165) is 11.4 Å². The lowest BCUT2D eigenvalue weighted by molar-refractivity contribution is -0.116. The second-order valence-electron chi connectivity index (χ2n) is 7.37. The van der Waals surface area contributed by atoms with Gasteiger partial charge in [-0.2, -0.15) is 0 Å². The number of anilines is 1. The molecule has 2 N–H and O–H groups in total. The molecule has 0 atom stereocenters. The molecule has 2 aromatic heterocycles. The predicted molar refractivity (Wildman–Crippen MR) is 128 cm³/mol. The summed E-state index contributed by atoms with van der Waals surface area (Å²) in [5.74, 6) is -0.647. The van der Waals surface area contributed by atoms with Gasteiger partial charge in [0, 0.05) is 36.1 Å². The van der Waals surface area contributed by atoms with Crippen molar-refractivity contribution in [1.82, 2.24) is 19.5 Å². The number of esters is 1. The molecule has 0 saturated carbocycles. The van der Waals surface area contributed by atoms with Crippen LogP contribution < -0.4 is 16.4 Å². The number of carbonyl (C=O) groups is 2. The lowest BCUT2D eigenvalue weighted by Crippen LogP contribution is -2.33. The molecular weight excluding hydrogens is 422 g/mol. The van der Waals surface area contributed by atoms with Crippen LogP contribution in [-0.2, 0) is 22.6 Å². The summed E-state index contributed by atoms with van der Waals surface area (Å²) in [6.45, 7) is 10.7. The smallest absolute Gasteiger partial charge is 0.340 e. The number of rotatable bonds is 8. The number of benzene rings is 1. The van der Waals surface area contributed by atoms with E-state index in [0.29, 0.717) is 35.1 Å². The van der Waals surface area contributed by atoms with Crippen LogP contribution in [0.4, 0.5) is 5.95 Å². The highest BCUT2D eigenvalue weighted by atomic mass is 16.5. The number of ether oxygens (including phenoxy) is 1. The van der Waals surface area contributed by atoms with Crippen molar-refractivity contribution in [3.63, 3.8) is 0 Å². The van der Waals surface area contributed by atoms with E-state index in [-0.39, 0.29) is 18.1 Å². The molecule has 3 aromatic rings. The Labute approximate surface area is 192 Å². The first-order valence-electron chi connectivity index (χ1n) is 10.9. The Kier molecular flexibility index (Phi) is 7.32. The molecule has 0 unspecified atom stereocenters. The minimum absolute atomic E-state index is 0.193. The van der Waals surface area contributed by atoms with E-state index in [9.17, 15) is 14.4 Å². The SMILES string of the molecule is CCOC(=O)c1c(/C=C/C(=O)NNc2nc3ccccc3c(=O)n2CC)c(C)n(CC)c1C. The first kappa shape index (κ1) is 23.8. The van der Waals surface area contributed by atoms with Gasteiger partial charge in [-0.3, -0.25) is 25.0 Å². The minimum Gasteiger partial charge on any atom is -0.462 e. The Morgan fingerprint density at radius 2 is 1.76 bits per heavy atom. The zero-order chi connectivity index (χ0) is 24.1. The maximum Gasteiger partial charge on any atom is 0.340 e. The highest BCUT2D eigenvalue weighted by molar-refractivity contribution is 5.99. The van der Waals surface area contributed by atoms with Crippen molar-refractivity contribution in [3.8, 4) is 0 Å². The van der Waals surface area contributed by atoms with Crippen molar-refractivity contribution in [2.75, 3.05) is 12.0 Å². The lowest BCUT2D eigenvalue weighted by atomic mass is 10.1. The van der Waals surface area contributed by atoms with Gasteiger partial charge in [-0.05, 0) is 52.8 Å². The number of hydrogen-bond acceptors (Lipinski definition) is 6. The molecule has 1 amide bonds. The molecule has 0 aliphatic heterocycles. The maximum absolute atomic E-state index is 12.7. The van der Waals surface area contributed by atoms with Crippen LogP contribution in [0.15, 0.2) is 35.1 Å². The van der Waals surface area contributed by atoms with Crippen LogP contribution in [0.3, 0.4) is 0 Å². The normalized spacial score (nSPS) is 11.2. The van der Waals surface area contributed by atoms with E-state index in [1.54, 1.807) is 37.3 Å². The minimum atomic E-state index is -0.462. The summed E-state index contributed by atoms with van der Waals surface area (Å²) >= 11 is 0. The highest BCUT2D eigenvalue weighted by Crippen LogP contribution is 2.25. The standard InChI is InChI=1S/C24H29N5O4/c1-6-28-15(4)17(21(16(28)5)23(32)33-8-3)13-14-20(30)26-27-24-25-19-12-10-9-11-18(19)22(31)29(24)7-2/h9-14H,6-8H2,1-5H3,(H,25,27)(H,26,30)/b14-13+. The average molecular weight is 452 g/mol. The van der Waals surface area contributed by atoms with Crippen molar-refractivity contribution in [1.29, 1.82) is 0 Å². The van der Waals surface area contributed by atoms with Gasteiger partial charge >= 0.3 is 5.97 Å². The Bertz CT molecular complexity index is 1290. The Morgan fingerprint density at radius 3 is 2.42 bits per heavy atom. The summed E-state index contributed by atoms with van der Waals surface area (Å²) in [6.07, 6.45) is 2.92. The van der Waals surface area contributed by atoms with E-state index in [2.05, 4.69) is 15.8 Å². The topological polar surface area (TPSA) is 107 Å². The number of hydrazine groups is 1. The number of nitrogens with one attached hydrogen (secondary N) is 2. The molecule has 0 aliphatic rings. The maximum atomic E-state index is 12.7. The quantitative estimate of drug-likeness (QED) is 0.309. The molecule has 174 valence electrons. The van der Waals surface area contributed by atoms with Crippen LogP contribution in [0.1, 0.15) is 48.1 Å². The lowest BCUT2D eigenvalue weighted by Gasteiger charge is -2.13. The number of amides is 1.